The Balaban J connectivity index is 2.47. The second-order valence-electron chi connectivity index (χ2n) is 11.2. The van der Waals surface area contributed by atoms with Crippen molar-refractivity contribution in [2.24, 2.45) is 5.41 Å². The highest BCUT2D eigenvalue weighted by Gasteiger charge is 2.38. The summed E-state index contributed by atoms with van der Waals surface area (Å²) in [6.07, 6.45) is 14.0. The maximum atomic E-state index is 6.79. The van der Waals surface area contributed by atoms with Gasteiger partial charge < -0.3 is 13.7 Å². The molecule has 1 fully saturated rings. The SMILES string of the molecule is CCCCCCCC[C@H](CC/C=C/B1OCC(C)(C)CO1)O[Si](C)(C)C(C)(C)C. The van der Waals surface area contributed by atoms with Gasteiger partial charge in [0, 0.05) is 24.7 Å². The lowest BCUT2D eigenvalue weighted by Gasteiger charge is -2.39. The Bertz CT molecular complexity index is 461. The van der Waals surface area contributed by atoms with Crippen LogP contribution in [0.5, 0.6) is 0 Å². The molecule has 0 radical (unpaired) electrons. The van der Waals surface area contributed by atoms with Crippen LogP contribution in [0.15, 0.2) is 12.1 Å². The number of rotatable bonds is 13. The van der Waals surface area contributed by atoms with Crippen LogP contribution in [0.1, 0.15) is 99.3 Å². The molecule has 1 aliphatic heterocycles. The predicted octanol–water partition coefficient (Wildman–Crippen LogP) is 7.56. The summed E-state index contributed by atoms with van der Waals surface area (Å²) in [5.74, 6) is 2.09. The average Bonchev–Trinajstić information content (AvgIpc) is 2.61. The summed E-state index contributed by atoms with van der Waals surface area (Å²) < 4.78 is 18.4. The highest BCUT2D eigenvalue weighted by molar-refractivity contribution is 6.74. The second kappa shape index (κ2) is 12.7. The molecule has 0 bridgehead atoms. The lowest BCUT2D eigenvalue weighted by atomic mass is 9.83. The Morgan fingerprint density at radius 3 is 2.17 bits per heavy atom. The molecule has 1 aliphatic rings. The molecule has 0 saturated carbocycles. The van der Waals surface area contributed by atoms with E-state index in [2.05, 4.69) is 66.7 Å². The fourth-order valence-electron chi connectivity index (χ4n) is 3.31. The topological polar surface area (TPSA) is 27.7 Å². The molecule has 0 spiro atoms. The quantitative estimate of drug-likeness (QED) is 0.225. The van der Waals surface area contributed by atoms with Crippen molar-refractivity contribution in [1.82, 2.24) is 0 Å². The second-order valence-corrected chi connectivity index (χ2v) is 16.0. The molecule has 0 aromatic rings. The van der Waals surface area contributed by atoms with Gasteiger partial charge in [0.1, 0.15) is 0 Å². The van der Waals surface area contributed by atoms with Crippen molar-refractivity contribution in [3.05, 3.63) is 12.1 Å². The van der Waals surface area contributed by atoms with E-state index in [1.165, 1.54) is 44.9 Å². The summed E-state index contributed by atoms with van der Waals surface area (Å²) in [4.78, 5) is 0. The van der Waals surface area contributed by atoms with Crippen LogP contribution < -0.4 is 0 Å². The third-order valence-electron chi connectivity index (χ3n) is 6.37. The van der Waals surface area contributed by atoms with Gasteiger partial charge in [0.2, 0.25) is 0 Å². The molecule has 0 aromatic carbocycles. The van der Waals surface area contributed by atoms with Crippen LogP contribution in [-0.4, -0.2) is 34.8 Å². The average molecular weight is 425 g/mol. The standard InChI is InChI=1S/C24H49BO3Si/c1-9-10-11-12-13-14-17-22(28-29(7,8)23(2,3)4)18-15-16-19-25-26-20-24(5,6)21-27-25/h16,19,22H,9-15,17-18,20-21H2,1-8H3/b19-16+/t22-/m1/s1. The van der Waals surface area contributed by atoms with Crippen LogP contribution in [-0.2, 0) is 13.7 Å². The zero-order valence-electron chi connectivity index (χ0n) is 20.8. The minimum atomic E-state index is -1.73. The Morgan fingerprint density at radius 2 is 1.59 bits per heavy atom. The summed E-state index contributed by atoms with van der Waals surface area (Å²) in [7, 11) is -1.91. The number of allylic oxidation sites excluding steroid dienone is 1. The van der Waals surface area contributed by atoms with Gasteiger partial charge in [-0.1, -0.05) is 92.1 Å². The Hall–Kier alpha value is -0.0982. The summed E-state index contributed by atoms with van der Waals surface area (Å²) >= 11 is 0. The molecule has 170 valence electrons. The van der Waals surface area contributed by atoms with Crippen LogP contribution in [0.3, 0.4) is 0 Å². The third kappa shape index (κ3) is 11.2. The zero-order chi connectivity index (χ0) is 22.0. The first kappa shape index (κ1) is 26.9. The molecule has 1 rings (SSSR count). The van der Waals surface area contributed by atoms with Crippen molar-refractivity contribution >= 4 is 15.4 Å². The Kier molecular flexibility index (Phi) is 11.8. The lowest BCUT2D eigenvalue weighted by Crippen LogP contribution is -2.44. The smallest absolute Gasteiger partial charge is 0.414 e. The molecule has 29 heavy (non-hydrogen) atoms. The van der Waals surface area contributed by atoms with Gasteiger partial charge in [-0.05, 0) is 37.4 Å². The monoisotopic (exact) mass is 424 g/mol. The summed E-state index contributed by atoms with van der Waals surface area (Å²) in [6.45, 7) is 19.9. The highest BCUT2D eigenvalue weighted by Crippen LogP contribution is 2.38. The van der Waals surface area contributed by atoms with Crippen molar-refractivity contribution in [1.29, 1.82) is 0 Å². The predicted molar refractivity (Wildman–Crippen MR) is 130 cm³/mol. The largest absolute Gasteiger partial charge is 0.485 e. The van der Waals surface area contributed by atoms with Gasteiger partial charge in [-0.25, -0.2) is 0 Å². The van der Waals surface area contributed by atoms with E-state index in [-0.39, 0.29) is 17.6 Å². The first-order valence-electron chi connectivity index (χ1n) is 12.0. The minimum absolute atomic E-state index is 0.129. The van der Waals surface area contributed by atoms with Crippen molar-refractivity contribution in [2.45, 2.75) is 124 Å². The van der Waals surface area contributed by atoms with Gasteiger partial charge in [0.05, 0.1) is 0 Å². The van der Waals surface area contributed by atoms with E-state index in [9.17, 15) is 0 Å². The first-order chi connectivity index (χ1) is 13.5. The van der Waals surface area contributed by atoms with E-state index in [1.807, 2.05) is 0 Å². The van der Waals surface area contributed by atoms with E-state index in [0.29, 0.717) is 6.10 Å². The minimum Gasteiger partial charge on any atom is -0.414 e. The Morgan fingerprint density at radius 1 is 1.00 bits per heavy atom. The van der Waals surface area contributed by atoms with Gasteiger partial charge in [0.15, 0.2) is 8.32 Å². The van der Waals surface area contributed by atoms with Crippen LogP contribution >= 0.6 is 0 Å². The van der Waals surface area contributed by atoms with Gasteiger partial charge in [-0.2, -0.15) is 0 Å². The van der Waals surface area contributed by atoms with Crippen LogP contribution in [0.25, 0.3) is 0 Å². The lowest BCUT2D eigenvalue weighted by molar-refractivity contribution is 0.0335. The summed E-state index contributed by atoms with van der Waals surface area (Å²) in [5, 5.41) is 0.263. The molecular formula is C24H49BO3Si. The normalized spacial score (nSPS) is 19.1. The molecule has 1 saturated heterocycles. The molecule has 5 heteroatoms. The highest BCUT2D eigenvalue weighted by atomic mass is 28.4. The number of unbranched alkanes of at least 4 members (excludes halogenated alkanes) is 5. The maximum absolute atomic E-state index is 6.79. The summed E-state index contributed by atoms with van der Waals surface area (Å²) in [5.41, 5.74) is 0.129. The van der Waals surface area contributed by atoms with Crippen LogP contribution in [0.2, 0.25) is 18.1 Å². The van der Waals surface area contributed by atoms with E-state index in [0.717, 1.165) is 26.1 Å². The van der Waals surface area contributed by atoms with Crippen LogP contribution in [0, 0.1) is 5.41 Å². The van der Waals surface area contributed by atoms with Gasteiger partial charge in [-0.3, -0.25) is 0 Å². The molecule has 0 aliphatic carbocycles. The number of hydrogen-bond acceptors (Lipinski definition) is 3. The molecule has 1 heterocycles. The molecule has 1 atom stereocenters. The maximum Gasteiger partial charge on any atom is 0.485 e. The molecule has 0 amide bonds. The fraction of sp³-hybridized carbons (Fsp3) is 0.917. The van der Waals surface area contributed by atoms with Crippen molar-refractivity contribution in [3.63, 3.8) is 0 Å². The molecule has 0 N–H and O–H groups in total. The molecule has 0 aromatic heterocycles. The van der Waals surface area contributed by atoms with E-state index < -0.39 is 8.32 Å². The Labute approximate surface area is 183 Å². The first-order valence-corrected chi connectivity index (χ1v) is 15.0. The van der Waals surface area contributed by atoms with E-state index >= 15 is 0 Å². The van der Waals surface area contributed by atoms with Crippen molar-refractivity contribution in [2.75, 3.05) is 13.2 Å². The molecule has 0 unspecified atom stereocenters. The zero-order valence-corrected chi connectivity index (χ0v) is 21.8. The van der Waals surface area contributed by atoms with Gasteiger partial charge in [-0.15, -0.1) is 0 Å². The molecular weight excluding hydrogens is 375 g/mol. The van der Waals surface area contributed by atoms with Gasteiger partial charge in [0.25, 0.3) is 0 Å². The van der Waals surface area contributed by atoms with Crippen LogP contribution in [0.4, 0.5) is 0 Å². The summed E-state index contributed by atoms with van der Waals surface area (Å²) in [6, 6.07) is 0. The van der Waals surface area contributed by atoms with E-state index in [4.69, 9.17) is 13.7 Å². The third-order valence-corrected chi connectivity index (χ3v) is 10.9. The number of hydrogen-bond donors (Lipinski definition) is 0. The van der Waals surface area contributed by atoms with E-state index in [1.54, 1.807) is 0 Å². The van der Waals surface area contributed by atoms with Gasteiger partial charge >= 0.3 is 7.12 Å². The molecule has 3 nitrogen and oxygen atoms in total. The fourth-order valence-corrected chi connectivity index (χ4v) is 4.74. The van der Waals surface area contributed by atoms with Crippen molar-refractivity contribution < 1.29 is 13.7 Å². The van der Waals surface area contributed by atoms with Crippen molar-refractivity contribution in [3.8, 4) is 0 Å².